The van der Waals surface area contributed by atoms with Crippen LogP contribution < -0.4 is 4.74 Å². The summed E-state index contributed by atoms with van der Waals surface area (Å²) in [5.74, 6) is -0.916. The second kappa shape index (κ2) is 7.38. The molecule has 2 atom stereocenters. The van der Waals surface area contributed by atoms with Crippen LogP contribution in [0.4, 0.5) is 0 Å². The molecule has 1 aliphatic rings. The number of carboxylic acids is 1. The van der Waals surface area contributed by atoms with E-state index in [-0.39, 0.29) is 18.4 Å². The summed E-state index contributed by atoms with van der Waals surface area (Å²) in [5, 5.41) is 9.22. The Kier molecular flexibility index (Phi) is 5.03. The zero-order valence-electron chi connectivity index (χ0n) is 14.1. The second-order valence-corrected chi connectivity index (χ2v) is 6.43. The molecule has 0 bridgehead atoms. The normalized spacial score (nSPS) is 19.6. The van der Waals surface area contributed by atoms with Crippen LogP contribution in [0, 0.1) is 11.8 Å². The molecule has 25 heavy (non-hydrogen) atoms. The van der Waals surface area contributed by atoms with E-state index in [9.17, 15) is 14.7 Å². The van der Waals surface area contributed by atoms with E-state index in [1.54, 1.807) is 23.1 Å². The highest BCUT2D eigenvalue weighted by Crippen LogP contribution is 2.25. The number of hydrogen-bond acceptors (Lipinski definition) is 3. The van der Waals surface area contributed by atoms with Gasteiger partial charge in [0.05, 0.1) is 5.92 Å². The highest BCUT2D eigenvalue weighted by atomic mass is 16.5. The molecular formula is C20H21NO4. The predicted molar refractivity (Wildman–Crippen MR) is 93.4 cm³/mol. The topological polar surface area (TPSA) is 66.8 Å². The molecule has 0 aromatic heterocycles. The van der Waals surface area contributed by atoms with Gasteiger partial charge in [0, 0.05) is 18.7 Å². The minimum atomic E-state index is -0.845. The molecule has 1 fully saturated rings. The van der Waals surface area contributed by atoms with Crippen molar-refractivity contribution in [2.24, 2.45) is 11.8 Å². The van der Waals surface area contributed by atoms with E-state index in [4.69, 9.17) is 4.74 Å². The van der Waals surface area contributed by atoms with Gasteiger partial charge in [0.1, 0.15) is 12.4 Å². The number of carboxylic acid groups (broad SMARTS) is 1. The standard InChI is InChI=1S/C20H21NO4/c1-14-11-21(12-18(14)20(23)24)19(22)16-8-5-9-17(10-16)25-13-15-6-3-2-4-7-15/h2-10,14,18H,11-13H2,1H3,(H,23,24)/t14-,18-/m1/s1. The van der Waals surface area contributed by atoms with Gasteiger partial charge in [0.15, 0.2) is 0 Å². The van der Waals surface area contributed by atoms with Crippen molar-refractivity contribution in [3.63, 3.8) is 0 Å². The monoisotopic (exact) mass is 339 g/mol. The van der Waals surface area contributed by atoms with Crippen molar-refractivity contribution in [1.29, 1.82) is 0 Å². The Labute approximate surface area is 146 Å². The Bertz CT molecular complexity index is 759. The molecule has 2 aromatic carbocycles. The lowest BCUT2D eigenvalue weighted by molar-refractivity contribution is -0.142. The van der Waals surface area contributed by atoms with Crippen molar-refractivity contribution >= 4 is 11.9 Å². The number of carbonyl (C=O) groups is 2. The molecule has 0 radical (unpaired) electrons. The summed E-state index contributed by atoms with van der Waals surface area (Å²) < 4.78 is 5.76. The Morgan fingerprint density at radius 1 is 1.12 bits per heavy atom. The first-order valence-corrected chi connectivity index (χ1v) is 8.33. The summed E-state index contributed by atoms with van der Waals surface area (Å²) in [6.07, 6.45) is 0. The van der Waals surface area contributed by atoms with E-state index < -0.39 is 11.9 Å². The van der Waals surface area contributed by atoms with Crippen LogP contribution in [0.1, 0.15) is 22.8 Å². The number of likely N-dealkylation sites (tertiary alicyclic amines) is 1. The highest BCUT2D eigenvalue weighted by molar-refractivity contribution is 5.95. The Morgan fingerprint density at radius 3 is 2.56 bits per heavy atom. The predicted octanol–water partition coefficient (Wildman–Crippen LogP) is 3.06. The van der Waals surface area contributed by atoms with Crippen molar-refractivity contribution in [3.05, 3.63) is 65.7 Å². The SMILES string of the molecule is C[C@@H]1CN(C(=O)c2cccc(OCc3ccccc3)c2)C[C@H]1C(=O)O. The first-order valence-electron chi connectivity index (χ1n) is 8.33. The van der Waals surface area contributed by atoms with E-state index in [0.29, 0.717) is 24.5 Å². The van der Waals surface area contributed by atoms with E-state index in [0.717, 1.165) is 5.56 Å². The van der Waals surface area contributed by atoms with E-state index in [1.165, 1.54) is 0 Å². The first-order chi connectivity index (χ1) is 12.0. The number of benzene rings is 2. The van der Waals surface area contributed by atoms with Gasteiger partial charge in [-0.2, -0.15) is 0 Å². The molecule has 0 saturated carbocycles. The molecular weight excluding hydrogens is 318 g/mol. The van der Waals surface area contributed by atoms with Gasteiger partial charge in [-0.05, 0) is 29.7 Å². The van der Waals surface area contributed by atoms with E-state index in [2.05, 4.69) is 0 Å². The van der Waals surface area contributed by atoms with Gasteiger partial charge in [0.2, 0.25) is 0 Å². The third-order valence-corrected chi connectivity index (χ3v) is 4.55. The van der Waals surface area contributed by atoms with Crippen molar-refractivity contribution in [2.45, 2.75) is 13.5 Å². The molecule has 0 spiro atoms. The Morgan fingerprint density at radius 2 is 1.88 bits per heavy atom. The average molecular weight is 339 g/mol. The maximum atomic E-state index is 12.7. The lowest BCUT2D eigenvalue weighted by atomic mass is 9.99. The summed E-state index contributed by atoms with van der Waals surface area (Å²) in [7, 11) is 0. The third-order valence-electron chi connectivity index (χ3n) is 4.55. The number of nitrogens with zero attached hydrogens (tertiary/aromatic N) is 1. The maximum Gasteiger partial charge on any atom is 0.308 e. The molecule has 0 aliphatic carbocycles. The molecule has 130 valence electrons. The second-order valence-electron chi connectivity index (χ2n) is 6.43. The van der Waals surface area contributed by atoms with Crippen LogP contribution in [0.2, 0.25) is 0 Å². The number of ether oxygens (including phenoxy) is 1. The summed E-state index contributed by atoms with van der Waals surface area (Å²) in [6, 6.07) is 16.8. The summed E-state index contributed by atoms with van der Waals surface area (Å²) in [4.78, 5) is 25.5. The smallest absolute Gasteiger partial charge is 0.308 e. The maximum absolute atomic E-state index is 12.7. The van der Waals surface area contributed by atoms with Crippen molar-refractivity contribution in [2.75, 3.05) is 13.1 Å². The van der Waals surface area contributed by atoms with Crippen LogP contribution in [0.25, 0.3) is 0 Å². The number of hydrogen-bond donors (Lipinski definition) is 1. The molecule has 5 heteroatoms. The van der Waals surface area contributed by atoms with Gasteiger partial charge in [-0.25, -0.2) is 0 Å². The fraction of sp³-hybridized carbons (Fsp3) is 0.300. The molecule has 3 rings (SSSR count). The van der Waals surface area contributed by atoms with Crippen LogP contribution in [-0.4, -0.2) is 35.0 Å². The molecule has 1 saturated heterocycles. The zero-order chi connectivity index (χ0) is 17.8. The minimum absolute atomic E-state index is 0.0426. The van der Waals surface area contributed by atoms with Gasteiger partial charge in [-0.15, -0.1) is 0 Å². The highest BCUT2D eigenvalue weighted by Gasteiger charge is 2.37. The molecule has 2 aromatic rings. The van der Waals surface area contributed by atoms with Crippen LogP contribution >= 0.6 is 0 Å². The van der Waals surface area contributed by atoms with Gasteiger partial charge in [-0.1, -0.05) is 43.3 Å². The number of carbonyl (C=O) groups excluding carboxylic acids is 1. The molecule has 1 aliphatic heterocycles. The Hall–Kier alpha value is -2.82. The number of aliphatic carboxylic acids is 1. The lowest BCUT2D eigenvalue weighted by Gasteiger charge is -2.16. The fourth-order valence-electron chi connectivity index (χ4n) is 3.10. The quantitative estimate of drug-likeness (QED) is 0.909. The van der Waals surface area contributed by atoms with Crippen molar-refractivity contribution in [3.8, 4) is 5.75 Å². The van der Waals surface area contributed by atoms with E-state index in [1.807, 2.05) is 43.3 Å². The molecule has 1 heterocycles. The summed E-state index contributed by atoms with van der Waals surface area (Å²) >= 11 is 0. The van der Waals surface area contributed by atoms with Crippen LogP contribution in [0.5, 0.6) is 5.75 Å². The average Bonchev–Trinajstić information content (AvgIpc) is 3.02. The van der Waals surface area contributed by atoms with Crippen molar-refractivity contribution < 1.29 is 19.4 Å². The van der Waals surface area contributed by atoms with Gasteiger partial charge < -0.3 is 14.7 Å². The summed E-state index contributed by atoms with van der Waals surface area (Å²) in [6.45, 7) is 3.01. The zero-order valence-corrected chi connectivity index (χ0v) is 14.1. The largest absolute Gasteiger partial charge is 0.489 e. The van der Waals surface area contributed by atoms with Crippen LogP contribution in [-0.2, 0) is 11.4 Å². The molecule has 5 nitrogen and oxygen atoms in total. The number of rotatable bonds is 5. The fourth-order valence-corrected chi connectivity index (χ4v) is 3.10. The van der Waals surface area contributed by atoms with E-state index >= 15 is 0 Å². The Balaban J connectivity index is 1.67. The minimum Gasteiger partial charge on any atom is -0.489 e. The molecule has 1 N–H and O–H groups in total. The first kappa shape index (κ1) is 17.0. The third kappa shape index (κ3) is 3.99. The summed E-state index contributed by atoms with van der Waals surface area (Å²) in [5.41, 5.74) is 1.57. The van der Waals surface area contributed by atoms with Gasteiger partial charge in [0.25, 0.3) is 5.91 Å². The van der Waals surface area contributed by atoms with Crippen molar-refractivity contribution in [1.82, 2.24) is 4.90 Å². The van der Waals surface area contributed by atoms with Gasteiger partial charge in [-0.3, -0.25) is 9.59 Å². The molecule has 0 unspecified atom stereocenters. The lowest BCUT2D eigenvalue weighted by Crippen LogP contribution is -2.29. The number of amides is 1. The molecule has 1 amide bonds. The van der Waals surface area contributed by atoms with Gasteiger partial charge >= 0.3 is 5.97 Å². The van der Waals surface area contributed by atoms with Crippen LogP contribution in [0.3, 0.4) is 0 Å². The van der Waals surface area contributed by atoms with Crippen LogP contribution in [0.15, 0.2) is 54.6 Å².